The predicted molar refractivity (Wildman–Crippen MR) is 99.0 cm³/mol. The molecule has 0 aromatic heterocycles. The fourth-order valence-corrected chi connectivity index (χ4v) is 11.7. The molecule has 5 saturated carbocycles. The van der Waals surface area contributed by atoms with Crippen molar-refractivity contribution in [2.24, 2.45) is 34.5 Å². The molecular formula is C13H12Br6. The van der Waals surface area contributed by atoms with Crippen LogP contribution < -0.4 is 0 Å². The summed E-state index contributed by atoms with van der Waals surface area (Å²) in [7, 11) is 0. The van der Waals surface area contributed by atoms with Gasteiger partial charge in [-0.3, -0.25) is 0 Å². The summed E-state index contributed by atoms with van der Waals surface area (Å²) in [5.74, 6) is 3.25. The van der Waals surface area contributed by atoms with E-state index in [9.17, 15) is 0 Å². The molecule has 0 saturated heterocycles. The van der Waals surface area contributed by atoms with Gasteiger partial charge < -0.3 is 0 Å². The fourth-order valence-electron chi connectivity index (χ4n) is 5.74. The van der Waals surface area contributed by atoms with Crippen molar-refractivity contribution in [2.45, 2.75) is 35.4 Å². The average Bonchev–Trinajstić information content (AvgIpc) is 3.14. The van der Waals surface area contributed by atoms with Crippen molar-refractivity contribution in [3.63, 3.8) is 0 Å². The first kappa shape index (κ1) is 14.2. The van der Waals surface area contributed by atoms with Gasteiger partial charge in [-0.15, -0.1) is 0 Å². The van der Waals surface area contributed by atoms with Crippen molar-refractivity contribution in [3.8, 4) is 0 Å². The number of fused-ring (bicyclic) bond motifs is 2. The zero-order valence-electron chi connectivity index (χ0n) is 9.91. The molecule has 0 radical (unpaired) electrons. The standard InChI is InChI=1S/C13H12Br6/c14-11(15)5-1-9-2-7-8(12(7,16)17)4-10(9,3-6(5)11)13(9,18)19/h5-8H,1-4H2/t5-,6+,7+,8-,9?,10?. The summed E-state index contributed by atoms with van der Waals surface area (Å²) in [6.07, 6.45) is 5.40. The van der Waals surface area contributed by atoms with Crippen LogP contribution in [-0.2, 0) is 0 Å². The molecule has 0 aliphatic heterocycles. The molecule has 0 amide bonds. The third-order valence-electron chi connectivity index (χ3n) is 7.06. The summed E-state index contributed by atoms with van der Waals surface area (Å²) in [6, 6.07) is 0. The first-order valence-electron chi connectivity index (χ1n) is 6.75. The molecule has 0 heterocycles. The zero-order valence-corrected chi connectivity index (χ0v) is 19.4. The van der Waals surface area contributed by atoms with Gasteiger partial charge in [0.15, 0.2) is 0 Å². The molecule has 6 heteroatoms. The summed E-state index contributed by atoms with van der Waals surface area (Å²) in [5, 5.41) is 0. The molecule has 5 aliphatic rings. The quantitative estimate of drug-likeness (QED) is 0.263. The van der Waals surface area contributed by atoms with Crippen LogP contribution in [0.15, 0.2) is 0 Å². The Hall–Kier alpha value is 2.88. The maximum Gasteiger partial charge on any atom is 0.0929 e. The highest BCUT2D eigenvalue weighted by molar-refractivity contribution is 9.26. The zero-order chi connectivity index (χ0) is 13.6. The van der Waals surface area contributed by atoms with Gasteiger partial charge in [0, 0.05) is 10.8 Å². The van der Waals surface area contributed by atoms with Crippen LogP contribution in [0.1, 0.15) is 25.7 Å². The second-order valence-electron chi connectivity index (χ2n) is 7.33. The lowest BCUT2D eigenvalue weighted by Gasteiger charge is -2.32. The molecule has 0 N–H and O–H groups in total. The lowest BCUT2D eigenvalue weighted by atomic mass is 9.71. The Morgan fingerprint density at radius 1 is 0.526 bits per heavy atom. The average molecular weight is 648 g/mol. The van der Waals surface area contributed by atoms with Crippen molar-refractivity contribution in [3.05, 3.63) is 0 Å². The van der Waals surface area contributed by atoms with Gasteiger partial charge in [-0.05, 0) is 49.4 Å². The van der Waals surface area contributed by atoms with Crippen LogP contribution in [0.5, 0.6) is 0 Å². The van der Waals surface area contributed by atoms with Gasteiger partial charge in [-0.2, -0.15) is 0 Å². The number of hydrogen-bond donors (Lipinski definition) is 0. The van der Waals surface area contributed by atoms with E-state index in [2.05, 4.69) is 95.6 Å². The highest BCUT2D eigenvalue weighted by Gasteiger charge is 2.94. The molecule has 5 rings (SSSR count). The van der Waals surface area contributed by atoms with Crippen molar-refractivity contribution in [2.75, 3.05) is 0 Å². The summed E-state index contributed by atoms with van der Waals surface area (Å²) in [6.45, 7) is 0. The molecule has 5 aliphatic carbocycles. The van der Waals surface area contributed by atoms with Crippen LogP contribution in [-0.4, -0.2) is 9.70 Å². The molecule has 0 aromatic rings. The highest BCUT2D eigenvalue weighted by Crippen LogP contribution is 2.98. The largest absolute Gasteiger partial charge is 0.0929 e. The van der Waals surface area contributed by atoms with E-state index in [1.807, 2.05) is 0 Å². The van der Waals surface area contributed by atoms with Crippen molar-refractivity contribution in [1.82, 2.24) is 0 Å². The monoisotopic (exact) mass is 642 g/mol. The normalized spacial score (nSPS) is 64.1. The molecule has 19 heavy (non-hydrogen) atoms. The second kappa shape index (κ2) is 3.45. The minimum atomic E-state index is 0.201. The highest BCUT2D eigenvalue weighted by atomic mass is 79.9. The van der Waals surface area contributed by atoms with Crippen LogP contribution >= 0.6 is 95.6 Å². The van der Waals surface area contributed by atoms with Gasteiger partial charge in [0.1, 0.15) is 0 Å². The molecule has 5 fully saturated rings. The predicted octanol–water partition coefficient (Wildman–Crippen LogP) is 6.51. The van der Waals surface area contributed by atoms with Gasteiger partial charge in [0.25, 0.3) is 0 Å². The molecule has 6 atom stereocenters. The van der Waals surface area contributed by atoms with E-state index < -0.39 is 0 Å². The van der Waals surface area contributed by atoms with Crippen LogP contribution in [0.2, 0.25) is 0 Å². The van der Waals surface area contributed by atoms with Crippen LogP contribution in [0.4, 0.5) is 0 Å². The smallest absolute Gasteiger partial charge is 0.0721 e. The molecule has 0 spiro atoms. The molecule has 0 bridgehead atoms. The van der Waals surface area contributed by atoms with Crippen molar-refractivity contribution in [1.29, 1.82) is 0 Å². The summed E-state index contributed by atoms with van der Waals surface area (Å²) in [4.78, 5) is 0. The van der Waals surface area contributed by atoms with E-state index in [0.29, 0.717) is 10.8 Å². The summed E-state index contributed by atoms with van der Waals surface area (Å²) >= 11 is 23.8. The minimum absolute atomic E-state index is 0.201. The second-order valence-corrected chi connectivity index (χ2v) is 18.2. The Bertz CT molecular complexity index is 437. The summed E-state index contributed by atoms with van der Waals surface area (Å²) < 4.78 is 0.697. The Morgan fingerprint density at radius 2 is 0.789 bits per heavy atom. The molecule has 0 aromatic carbocycles. The fraction of sp³-hybridized carbons (Fsp3) is 1.00. The first-order chi connectivity index (χ1) is 8.62. The first-order valence-corrected chi connectivity index (χ1v) is 11.5. The Morgan fingerprint density at radius 3 is 1.05 bits per heavy atom. The topological polar surface area (TPSA) is 0 Å². The van der Waals surface area contributed by atoms with Gasteiger partial charge >= 0.3 is 0 Å². The third kappa shape index (κ3) is 1.29. The summed E-state index contributed by atoms with van der Waals surface area (Å²) in [5.41, 5.74) is 0.934. The molecule has 0 nitrogen and oxygen atoms in total. The maximum atomic E-state index is 4.08. The van der Waals surface area contributed by atoms with E-state index >= 15 is 0 Å². The van der Waals surface area contributed by atoms with Crippen LogP contribution in [0.3, 0.4) is 0 Å². The van der Waals surface area contributed by atoms with Crippen molar-refractivity contribution < 1.29 is 0 Å². The van der Waals surface area contributed by atoms with E-state index in [1.54, 1.807) is 0 Å². The van der Waals surface area contributed by atoms with E-state index in [-0.39, 0.29) is 9.70 Å². The van der Waals surface area contributed by atoms with Crippen molar-refractivity contribution >= 4 is 95.6 Å². The Balaban J connectivity index is 1.57. The number of rotatable bonds is 0. The van der Waals surface area contributed by atoms with Crippen LogP contribution in [0.25, 0.3) is 0 Å². The number of halogens is 6. The number of hydrogen-bond acceptors (Lipinski definition) is 0. The van der Waals surface area contributed by atoms with Gasteiger partial charge in [0.05, 0.1) is 9.70 Å². The minimum Gasteiger partial charge on any atom is -0.0721 e. The molecular weight excluding hydrogens is 636 g/mol. The van der Waals surface area contributed by atoms with E-state index in [0.717, 1.165) is 23.7 Å². The molecule has 2 unspecified atom stereocenters. The van der Waals surface area contributed by atoms with Gasteiger partial charge in [-0.25, -0.2) is 0 Å². The lowest BCUT2D eigenvalue weighted by molar-refractivity contribution is 0.157. The van der Waals surface area contributed by atoms with Gasteiger partial charge in [-0.1, -0.05) is 95.6 Å². The maximum absolute atomic E-state index is 4.08. The van der Waals surface area contributed by atoms with Gasteiger partial charge in [0.2, 0.25) is 0 Å². The lowest BCUT2D eigenvalue weighted by Crippen LogP contribution is -2.25. The third-order valence-corrected chi connectivity index (χ3v) is 14.8. The molecule has 106 valence electrons. The Labute approximate surface area is 163 Å². The Kier molecular flexibility index (Phi) is 2.59. The van der Waals surface area contributed by atoms with E-state index in [4.69, 9.17) is 0 Å². The van der Waals surface area contributed by atoms with E-state index in [1.165, 1.54) is 25.7 Å². The SMILES string of the molecule is BrC1(Br)[C@@H]2CC34C[C@H]5[C@@H](CC3(C[C@@H]21)C4(Br)Br)C5(Br)Br. The van der Waals surface area contributed by atoms with Crippen LogP contribution in [0, 0.1) is 34.5 Å². The number of alkyl halides is 6.